The van der Waals surface area contributed by atoms with Crippen molar-refractivity contribution in [3.05, 3.63) is 102 Å². The fourth-order valence-electron chi connectivity index (χ4n) is 2.31. The van der Waals surface area contributed by atoms with E-state index in [1.54, 1.807) is 12.1 Å². The lowest BCUT2D eigenvalue weighted by Gasteiger charge is -2.09. The number of hydrogen-bond acceptors (Lipinski definition) is 1. The minimum Gasteiger partial charge on any atom is -0.508 e. The summed E-state index contributed by atoms with van der Waals surface area (Å²) in [6.07, 6.45) is 2.14. The molecule has 1 nitrogen and oxygen atoms in total. The van der Waals surface area contributed by atoms with Crippen molar-refractivity contribution in [2.24, 2.45) is 0 Å². The van der Waals surface area contributed by atoms with Crippen LogP contribution < -0.4 is 0 Å². The monoisotopic (exact) mass is 272 g/mol. The summed E-state index contributed by atoms with van der Waals surface area (Å²) < 4.78 is 0. The zero-order valence-electron chi connectivity index (χ0n) is 11.6. The average Bonchev–Trinajstić information content (AvgIpc) is 2.56. The summed E-state index contributed by atoms with van der Waals surface area (Å²) >= 11 is 0. The number of rotatable bonds is 3. The van der Waals surface area contributed by atoms with E-state index in [9.17, 15) is 5.11 Å². The average molecular weight is 272 g/mol. The van der Waals surface area contributed by atoms with Crippen molar-refractivity contribution >= 4 is 11.6 Å². The van der Waals surface area contributed by atoms with Crippen LogP contribution in [-0.4, -0.2) is 5.11 Å². The molecule has 0 heterocycles. The molecule has 0 saturated carbocycles. The van der Waals surface area contributed by atoms with Crippen LogP contribution in [0.25, 0.3) is 11.6 Å². The summed E-state index contributed by atoms with van der Waals surface area (Å²) in [7, 11) is 0. The van der Waals surface area contributed by atoms with Gasteiger partial charge in [0.15, 0.2) is 0 Å². The lowest BCUT2D eigenvalue weighted by molar-refractivity contribution is 0.475. The molecule has 0 aliphatic heterocycles. The molecule has 3 aromatic carbocycles. The highest BCUT2D eigenvalue weighted by Gasteiger charge is 2.04. The molecule has 3 rings (SSSR count). The highest BCUT2D eigenvalue weighted by Crippen LogP contribution is 2.26. The second kappa shape index (κ2) is 6.10. The van der Waals surface area contributed by atoms with Crippen molar-refractivity contribution < 1.29 is 5.11 Å². The smallest absolute Gasteiger partial charge is 0.115 e. The maximum Gasteiger partial charge on any atom is 0.115 e. The summed E-state index contributed by atoms with van der Waals surface area (Å²) in [6.45, 7) is 0. The predicted molar refractivity (Wildman–Crippen MR) is 88.0 cm³/mol. The Morgan fingerprint density at radius 1 is 0.619 bits per heavy atom. The zero-order valence-corrected chi connectivity index (χ0v) is 11.6. The first-order chi connectivity index (χ1) is 10.3. The topological polar surface area (TPSA) is 20.2 Å². The normalized spacial score (nSPS) is 10.1. The van der Waals surface area contributed by atoms with E-state index in [0.29, 0.717) is 0 Å². The van der Waals surface area contributed by atoms with Gasteiger partial charge in [-0.3, -0.25) is 0 Å². The molecule has 0 aromatic heterocycles. The van der Waals surface area contributed by atoms with Crippen LogP contribution in [0.3, 0.4) is 0 Å². The van der Waals surface area contributed by atoms with Gasteiger partial charge in [-0.25, -0.2) is 0 Å². The fourth-order valence-corrected chi connectivity index (χ4v) is 2.31. The minimum atomic E-state index is 0.285. The largest absolute Gasteiger partial charge is 0.508 e. The molecule has 3 aromatic rings. The van der Waals surface area contributed by atoms with Gasteiger partial charge in [-0.2, -0.15) is 0 Å². The Morgan fingerprint density at radius 2 is 1.10 bits per heavy atom. The van der Waals surface area contributed by atoms with E-state index >= 15 is 0 Å². The SMILES string of the molecule is Oc1ccc(C=C(c2ccccc2)c2ccccc2)cc1. The third-order valence-electron chi connectivity index (χ3n) is 3.37. The van der Waals surface area contributed by atoms with Crippen LogP contribution in [0.15, 0.2) is 84.9 Å². The summed E-state index contributed by atoms with van der Waals surface area (Å²) in [5.74, 6) is 0.285. The molecule has 0 aliphatic carbocycles. The fraction of sp³-hybridized carbons (Fsp3) is 0. The number of benzene rings is 3. The Morgan fingerprint density at radius 3 is 1.57 bits per heavy atom. The van der Waals surface area contributed by atoms with E-state index in [1.807, 2.05) is 48.5 Å². The Hall–Kier alpha value is -2.80. The van der Waals surface area contributed by atoms with Gasteiger partial charge in [0.25, 0.3) is 0 Å². The predicted octanol–water partition coefficient (Wildman–Crippen LogP) is 4.98. The molecule has 0 amide bonds. The molecule has 0 saturated heterocycles. The van der Waals surface area contributed by atoms with Gasteiger partial charge in [-0.15, -0.1) is 0 Å². The first-order valence-electron chi connectivity index (χ1n) is 6.94. The maximum absolute atomic E-state index is 9.40. The number of phenolic OH excluding ortho intramolecular Hbond substituents is 1. The molecule has 1 heteroatoms. The third kappa shape index (κ3) is 3.21. The lowest BCUT2D eigenvalue weighted by atomic mass is 9.96. The van der Waals surface area contributed by atoms with Crippen LogP contribution in [0.4, 0.5) is 0 Å². The number of hydrogen-bond donors (Lipinski definition) is 1. The first kappa shape index (κ1) is 13.2. The molecule has 1 N–H and O–H groups in total. The van der Waals surface area contributed by atoms with Gasteiger partial charge < -0.3 is 5.11 Å². The molecule has 0 unspecified atom stereocenters. The van der Waals surface area contributed by atoms with Crippen LogP contribution in [0.5, 0.6) is 5.75 Å². The van der Waals surface area contributed by atoms with Crippen LogP contribution in [-0.2, 0) is 0 Å². The summed E-state index contributed by atoms with van der Waals surface area (Å²) in [6, 6.07) is 27.9. The van der Waals surface area contributed by atoms with Crippen molar-refractivity contribution in [1.82, 2.24) is 0 Å². The quantitative estimate of drug-likeness (QED) is 0.667. The van der Waals surface area contributed by atoms with Gasteiger partial charge in [0, 0.05) is 0 Å². The van der Waals surface area contributed by atoms with E-state index in [1.165, 1.54) is 16.7 Å². The van der Waals surface area contributed by atoms with E-state index < -0.39 is 0 Å². The van der Waals surface area contributed by atoms with Crippen molar-refractivity contribution in [3.63, 3.8) is 0 Å². The van der Waals surface area contributed by atoms with Gasteiger partial charge in [0.2, 0.25) is 0 Å². The number of phenols is 1. The van der Waals surface area contributed by atoms with Gasteiger partial charge >= 0.3 is 0 Å². The molecule has 21 heavy (non-hydrogen) atoms. The van der Waals surface area contributed by atoms with Crippen molar-refractivity contribution in [3.8, 4) is 5.75 Å². The van der Waals surface area contributed by atoms with E-state index in [-0.39, 0.29) is 5.75 Å². The van der Waals surface area contributed by atoms with Crippen molar-refractivity contribution in [2.45, 2.75) is 0 Å². The molecule has 0 bridgehead atoms. The highest BCUT2D eigenvalue weighted by molar-refractivity contribution is 5.91. The second-order valence-corrected chi connectivity index (χ2v) is 4.88. The third-order valence-corrected chi connectivity index (χ3v) is 3.37. The van der Waals surface area contributed by atoms with Crippen LogP contribution >= 0.6 is 0 Å². The van der Waals surface area contributed by atoms with Gasteiger partial charge in [-0.1, -0.05) is 72.8 Å². The molecule has 0 aliphatic rings. The minimum absolute atomic E-state index is 0.285. The van der Waals surface area contributed by atoms with Gasteiger partial charge in [0.1, 0.15) is 5.75 Å². The standard InChI is InChI=1S/C20H16O/c21-19-13-11-16(12-14-19)15-20(17-7-3-1-4-8-17)18-9-5-2-6-10-18/h1-15,21H. The van der Waals surface area contributed by atoms with E-state index in [2.05, 4.69) is 30.3 Å². The molecule has 0 spiro atoms. The Balaban J connectivity index is 2.10. The summed E-state index contributed by atoms with van der Waals surface area (Å²) in [5.41, 5.74) is 4.59. The maximum atomic E-state index is 9.40. The molecular formula is C20H16O. The van der Waals surface area contributed by atoms with Gasteiger partial charge in [-0.05, 0) is 40.5 Å². The van der Waals surface area contributed by atoms with E-state index in [0.717, 1.165) is 5.56 Å². The number of aromatic hydroxyl groups is 1. The highest BCUT2D eigenvalue weighted by atomic mass is 16.3. The summed E-state index contributed by atoms with van der Waals surface area (Å²) in [5, 5.41) is 9.40. The molecule has 102 valence electrons. The summed E-state index contributed by atoms with van der Waals surface area (Å²) in [4.78, 5) is 0. The lowest BCUT2D eigenvalue weighted by Crippen LogP contribution is -1.87. The van der Waals surface area contributed by atoms with E-state index in [4.69, 9.17) is 0 Å². The Labute approximate surface area is 124 Å². The van der Waals surface area contributed by atoms with Crippen LogP contribution in [0, 0.1) is 0 Å². The molecular weight excluding hydrogens is 256 g/mol. The second-order valence-electron chi connectivity index (χ2n) is 4.88. The Bertz CT molecular complexity index is 684. The molecule has 0 atom stereocenters. The van der Waals surface area contributed by atoms with Crippen LogP contribution in [0.2, 0.25) is 0 Å². The van der Waals surface area contributed by atoms with Gasteiger partial charge in [0.05, 0.1) is 0 Å². The van der Waals surface area contributed by atoms with Crippen molar-refractivity contribution in [1.29, 1.82) is 0 Å². The molecule has 0 radical (unpaired) electrons. The molecule has 0 fully saturated rings. The Kier molecular flexibility index (Phi) is 3.83. The van der Waals surface area contributed by atoms with Crippen molar-refractivity contribution in [2.75, 3.05) is 0 Å². The van der Waals surface area contributed by atoms with Crippen LogP contribution in [0.1, 0.15) is 16.7 Å². The first-order valence-corrected chi connectivity index (χ1v) is 6.94. The zero-order chi connectivity index (χ0) is 14.5.